The molecule has 1 atom stereocenters. The molecule has 0 spiro atoms. The number of aliphatic hydroxyl groups excluding tert-OH is 2. The van der Waals surface area contributed by atoms with Crippen molar-refractivity contribution < 1.29 is 33.0 Å². The zero-order valence-electron chi connectivity index (χ0n) is 22.9. The SMILES string of the molecule is CC(C)(CO)C(O)C(=O)NCCC(=O)C(=O)NCc1ccc(S(=O)(=O)N2CCN(Cc3ccccc3)CC2)cc1. The summed E-state index contributed by atoms with van der Waals surface area (Å²) in [5, 5.41) is 24.1. The van der Waals surface area contributed by atoms with E-state index in [1.165, 1.54) is 35.8 Å². The molecule has 1 aliphatic rings. The molecule has 0 aliphatic carbocycles. The lowest BCUT2D eigenvalue weighted by Crippen LogP contribution is -2.48. The van der Waals surface area contributed by atoms with Crippen LogP contribution < -0.4 is 10.6 Å². The second-order valence-electron chi connectivity index (χ2n) is 10.5. The van der Waals surface area contributed by atoms with Crippen molar-refractivity contribution in [2.24, 2.45) is 5.41 Å². The van der Waals surface area contributed by atoms with Gasteiger partial charge in [-0.2, -0.15) is 4.31 Å². The first-order valence-electron chi connectivity index (χ1n) is 13.2. The van der Waals surface area contributed by atoms with Gasteiger partial charge < -0.3 is 20.8 Å². The van der Waals surface area contributed by atoms with E-state index in [-0.39, 0.29) is 24.4 Å². The molecular formula is C28H38N4O7S. The topological polar surface area (TPSA) is 156 Å². The number of Topliss-reactive ketones (excluding diaryl/α,β-unsaturated/α-hetero) is 1. The highest BCUT2D eigenvalue weighted by Crippen LogP contribution is 2.20. The van der Waals surface area contributed by atoms with Gasteiger partial charge in [0, 0.05) is 57.6 Å². The van der Waals surface area contributed by atoms with Crippen molar-refractivity contribution in [1.82, 2.24) is 19.8 Å². The summed E-state index contributed by atoms with van der Waals surface area (Å²) in [5.74, 6) is -2.33. The molecule has 1 aliphatic heterocycles. The molecule has 2 aromatic rings. The number of hydrogen-bond acceptors (Lipinski definition) is 8. The minimum Gasteiger partial charge on any atom is -0.396 e. The van der Waals surface area contributed by atoms with Crippen LogP contribution in [0.2, 0.25) is 0 Å². The van der Waals surface area contributed by atoms with E-state index in [0.717, 1.165) is 6.54 Å². The van der Waals surface area contributed by atoms with E-state index in [1.54, 1.807) is 12.1 Å². The molecule has 11 nitrogen and oxygen atoms in total. The summed E-state index contributed by atoms with van der Waals surface area (Å²) in [5.41, 5.74) is 0.765. The van der Waals surface area contributed by atoms with E-state index in [0.29, 0.717) is 31.7 Å². The molecule has 0 bridgehead atoms. The Balaban J connectivity index is 1.43. The van der Waals surface area contributed by atoms with Crippen LogP contribution in [0.25, 0.3) is 0 Å². The van der Waals surface area contributed by atoms with Crippen LogP contribution >= 0.6 is 0 Å². The Bertz CT molecular complexity index is 1260. The molecule has 1 heterocycles. The Morgan fingerprint density at radius 1 is 0.925 bits per heavy atom. The fourth-order valence-corrected chi connectivity index (χ4v) is 5.55. The van der Waals surface area contributed by atoms with Crippen molar-refractivity contribution in [2.75, 3.05) is 39.3 Å². The van der Waals surface area contributed by atoms with Gasteiger partial charge in [-0.25, -0.2) is 8.42 Å². The third-order valence-corrected chi connectivity index (χ3v) is 8.81. The average molecular weight is 575 g/mol. The molecule has 2 amide bonds. The van der Waals surface area contributed by atoms with Crippen molar-refractivity contribution >= 4 is 27.6 Å². The number of nitrogens with zero attached hydrogens (tertiary/aromatic N) is 2. The van der Waals surface area contributed by atoms with E-state index in [2.05, 4.69) is 27.7 Å². The molecule has 2 aromatic carbocycles. The first-order chi connectivity index (χ1) is 18.9. The fourth-order valence-electron chi connectivity index (χ4n) is 4.13. The number of carbonyl (C=O) groups is 3. The lowest BCUT2D eigenvalue weighted by atomic mass is 9.87. The second kappa shape index (κ2) is 14.0. The van der Waals surface area contributed by atoms with Gasteiger partial charge in [0.25, 0.3) is 5.91 Å². The van der Waals surface area contributed by atoms with Gasteiger partial charge in [0.1, 0.15) is 6.10 Å². The molecule has 0 aromatic heterocycles. The lowest BCUT2D eigenvalue weighted by molar-refractivity contribution is -0.139. The summed E-state index contributed by atoms with van der Waals surface area (Å²) in [4.78, 5) is 38.6. The van der Waals surface area contributed by atoms with Crippen molar-refractivity contribution in [3.8, 4) is 0 Å². The largest absolute Gasteiger partial charge is 0.396 e. The summed E-state index contributed by atoms with van der Waals surface area (Å²) in [6.45, 7) is 5.36. The number of aliphatic hydroxyl groups is 2. The zero-order chi connectivity index (χ0) is 29.3. The Hall–Kier alpha value is -3.16. The Morgan fingerprint density at radius 2 is 1.55 bits per heavy atom. The molecule has 1 unspecified atom stereocenters. The average Bonchev–Trinajstić information content (AvgIpc) is 2.96. The first-order valence-corrected chi connectivity index (χ1v) is 14.6. The summed E-state index contributed by atoms with van der Waals surface area (Å²) < 4.78 is 27.7. The van der Waals surface area contributed by atoms with Gasteiger partial charge in [-0.1, -0.05) is 56.3 Å². The van der Waals surface area contributed by atoms with Crippen LogP contribution in [-0.4, -0.2) is 90.9 Å². The summed E-state index contributed by atoms with van der Waals surface area (Å²) in [6.07, 6.45) is -1.72. The standard InChI is InChI=1S/C28H38N4O7S/c1-28(2,20-33)25(35)27(37)29-13-12-24(34)26(36)30-18-21-8-10-23(11-9-21)40(38,39)32-16-14-31(15-17-32)19-22-6-4-3-5-7-22/h3-11,25,33,35H,12-20H2,1-2H3,(H,29,37)(H,30,36). The predicted octanol–water partition coefficient (Wildman–Crippen LogP) is 0.264. The van der Waals surface area contributed by atoms with E-state index in [4.69, 9.17) is 0 Å². The van der Waals surface area contributed by atoms with Gasteiger partial charge in [0.05, 0.1) is 11.5 Å². The van der Waals surface area contributed by atoms with E-state index in [9.17, 15) is 33.0 Å². The number of ketones is 1. The highest BCUT2D eigenvalue weighted by atomic mass is 32.2. The number of rotatable bonds is 13. The van der Waals surface area contributed by atoms with Gasteiger partial charge in [-0.15, -0.1) is 0 Å². The highest BCUT2D eigenvalue weighted by molar-refractivity contribution is 7.89. The number of amides is 2. The minimum atomic E-state index is -3.66. The highest BCUT2D eigenvalue weighted by Gasteiger charge is 2.33. The first kappa shape index (κ1) is 31.4. The van der Waals surface area contributed by atoms with Gasteiger partial charge in [0.2, 0.25) is 21.7 Å². The Kier molecular flexibility index (Phi) is 10.9. The smallest absolute Gasteiger partial charge is 0.287 e. The van der Waals surface area contributed by atoms with Crippen LogP contribution in [-0.2, 0) is 37.5 Å². The fraction of sp³-hybridized carbons (Fsp3) is 0.464. The van der Waals surface area contributed by atoms with Crippen molar-refractivity contribution in [1.29, 1.82) is 0 Å². The van der Waals surface area contributed by atoms with Gasteiger partial charge >= 0.3 is 0 Å². The number of nitrogens with one attached hydrogen (secondary N) is 2. The van der Waals surface area contributed by atoms with E-state index >= 15 is 0 Å². The van der Waals surface area contributed by atoms with Crippen LogP contribution in [0, 0.1) is 5.41 Å². The lowest BCUT2D eigenvalue weighted by Gasteiger charge is -2.34. The normalized spacial score (nSPS) is 15.8. The molecular weight excluding hydrogens is 536 g/mol. The molecule has 40 heavy (non-hydrogen) atoms. The van der Waals surface area contributed by atoms with Crippen molar-refractivity contribution in [2.45, 2.75) is 44.4 Å². The van der Waals surface area contributed by atoms with Crippen LogP contribution in [0.1, 0.15) is 31.4 Å². The number of piperazine rings is 1. The van der Waals surface area contributed by atoms with Gasteiger partial charge in [0.15, 0.2) is 0 Å². The van der Waals surface area contributed by atoms with Crippen LogP contribution in [0.3, 0.4) is 0 Å². The zero-order valence-corrected chi connectivity index (χ0v) is 23.7. The van der Waals surface area contributed by atoms with Crippen LogP contribution in [0.4, 0.5) is 0 Å². The monoisotopic (exact) mass is 574 g/mol. The maximum absolute atomic E-state index is 13.1. The molecule has 3 rings (SSSR count). The Morgan fingerprint density at radius 3 is 2.15 bits per heavy atom. The number of carbonyl (C=O) groups excluding carboxylic acids is 3. The third kappa shape index (κ3) is 8.42. The molecule has 218 valence electrons. The van der Waals surface area contributed by atoms with Gasteiger partial charge in [-0.05, 0) is 23.3 Å². The van der Waals surface area contributed by atoms with Crippen molar-refractivity contribution in [3.63, 3.8) is 0 Å². The second-order valence-corrected chi connectivity index (χ2v) is 12.4. The van der Waals surface area contributed by atoms with Gasteiger partial charge in [-0.3, -0.25) is 19.3 Å². The molecule has 0 saturated carbocycles. The number of hydrogen-bond donors (Lipinski definition) is 4. The third-order valence-electron chi connectivity index (χ3n) is 6.90. The van der Waals surface area contributed by atoms with Crippen LogP contribution in [0.5, 0.6) is 0 Å². The summed E-state index contributed by atoms with van der Waals surface area (Å²) in [7, 11) is -3.66. The van der Waals surface area contributed by atoms with Crippen LogP contribution in [0.15, 0.2) is 59.5 Å². The van der Waals surface area contributed by atoms with E-state index < -0.39 is 45.7 Å². The number of sulfonamides is 1. The molecule has 0 radical (unpaired) electrons. The minimum absolute atomic E-state index is 0.0266. The molecule has 1 fully saturated rings. The maximum atomic E-state index is 13.1. The Labute approximate surface area is 235 Å². The van der Waals surface area contributed by atoms with Crippen molar-refractivity contribution in [3.05, 3.63) is 65.7 Å². The van der Waals surface area contributed by atoms with E-state index in [1.807, 2.05) is 18.2 Å². The molecule has 1 saturated heterocycles. The predicted molar refractivity (Wildman–Crippen MR) is 148 cm³/mol. The molecule has 4 N–H and O–H groups in total. The maximum Gasteiger partial charge on any atom is 0.287 e. The molecule has 12 heteroatoms. The summed E-state index contributed by atoms with van der Waals surface area (Å²) >= 11 is 0. The quantitative estimate of drug-likeness (QED) is 0.248. The summed E-state index contributed by atoms with van der Waals surface area (Å²) in [6, 6.07) is 16.2. The number of benzene rings is 2.